The van der Waals surface area contributed by atoms with Gasteiger partial charge in [0.25, 0.3) is 0 Å². The number of halogens is 3. The SMILES string of the molecule is CC1=C([C@@H](Cc2ccccc2)C(=O)N[C@@H](C)c2ccc(F)cc2F)C(=O)NC2CCNC(F)C12. The quantitative estimate of drug-likeness (QED) is 0.563. The summed E-state index contributed by atoms with van der Waals surface area (Å²) < 4.78 is 42.4. The van der Waals surface area contributed by atoms with Gasteiger partial charge >= 0.3 is 0 Å². The van der Waals surface area contributed by atoms with E-state index in [2.05, 4.69) is 16.0 Å². The first-order chi connectivity index (χ1) is 16.3. The van der Waals surface area contributed by atoms with Gasteiger partial charge in [-0.2, -0.15) is 0 Å². The van der Waals surface area contributed by atoms with Gasteiger partial charge in [-0.1, -0.05) is 42.0 Å². The molecule has 0 bridgehead atoms. The van der Waals surface area contributed by atoms with Crippen LogP contribution in [0.1, 0.15) is 37.4 Å². The molecule has 180 valence electrons. The van der Waals surface area contributed by atoms with Crippen molar-refractivity contribution in [3.8, 4) is 0 Å². The smallest absolute Gasteiger partial charge is 0.248 e. The van der Waals surface area contributed by atoms with Crippen molar-refractivity contribution in [2.45, 2.75) is 45.1 Å². The zero-order chi connectivity index (χ0) is 24.4. The van der Waals surface area contributed by atoms with Crippen molar-refractivity contribution in [2.24, 2.45) is 11.8 Å². The lowest BCUT2D eigenvalue weighted by atomic mass is 9.76. The summed E-state index contributed by atoms with van der Waals surface area (Å²) in [6, 6.07) is 11.3. The fraction of sp³-hybridized carbons (Fsp3) is 0.385. The van der Waals surface area contributed by atoms with Crippen LogP contribution < -0.4 is 16.0 Å². The number of nitrogens with one attached hydrogen (secondary N) is 3. The van der Waals surface area contributed by atoms with Crippen molar-refractivity contribution >= 4 is 11.8 Å². The van der Waals surface area contributed by atoms with E-state index < -0.39 is 41.7 Å². The summed E-state index contributed by atoms with van der Waals surface area (Å²) >= 11 is 0. The lowest BCUT2D eigenvalue weighted by Gasteiger charge is -2.41. The highest BCUT2D eigenvalue weighted by Crippen LogP contribution is 2.35. The molecule has 8 heteroatoms. The van der Waals surface area contributed by atoms with Gasteiger partial charge in [0.05, 0.1) is 12.0 Å². The second-order valence-corrected chi connectivity index (χ2v) is 8.99. The molecule has 0 aliphatic carbocycles. The summed E-state index contributed by atoms with van der Waals surface area (Å²) in [4.78, 5) is 26.7. The molecule has 0 radical (unpaired) electrons. The number of amides is 2. The molecule has 5 nitrogen and oxygen atoms in total. The molecule has 1 fully saturated rings. The summed E-state index contributed by atoms with van der Waals surface area (Å²) in [5, 5.41) is 8.47. The molecule has 3 unspecified atom stereocenters. The van der Waals surface area contributed by atoms with Crippen LogP contribution in [0.2, 0.25) is 0 Å². The highest BCUT2D eigenvalue weighted by Gasteiger charge is 2.44. The maximum absolute atomic E-state index is 14.8. The Morgan fingerprint density at radius 1 is 1.18 bits per heavy atom. The van der Waals surface area contributed by atoms with Crippen LogP contribution in [0.3, 0.4) is 0 Å². The third-order valence-electron chi connectivity index (χ3n) is 6.76. The van der Waals surface area contributed by atoms with Crippen LogP contribution >= 0.6 is 0 Å². The number of hydrogen-bond acceptors (Lipinski definition) is 3. The van der Waals surface area contributed by atoms with Gasteiger partial charge in [0, 0.05) is 29.2 Å². The predicted molar refractivity (Wildman–Crippen MR) is 122 cm³/mol. The standard InChI is InChI=1S/C26H28F3N3O2/c1-14-22(26(34)32-21-10-11-30-24(29)23(14)21)19(12-16-6-4-3-5-7-16)25(33)31-15(2)18-9-8-17(27)13-20(18)28/h3-9,13,15,19,21,23-24,30H,10-12H2,1-2H3,(H,31,33)(H,32,34)/t15-,19+,21?,23?,24?/m0/s1. The number of rotatable bonds is 6. The highest BCUT2D eigenvalue weighted by atomic mass is 19.1. The summed E-state index contributed by atoms with van der Waals surface area (Å²) in [5.74, 6) is -3.83. The average molecular weight is 472 g/mol. The molecule has 4 rings (SSSR count). The van der Waals surface area contributed by atoms with E-state index in [1.54, 1.807) is 13.8 Å². The predicted octanol–water partition coefficient (Wildman–Crippen LogP) is 3.72. The van der Waals surface area contributed by atoms with Gasteiger partial charge in [-0.3, -0.25) is 14.9 Å². The van der Waals surface area contributed by atoms with E-state index in [9.17, 15) is 22.8 Å². The van der Waals surface area contributed by atoms with E-state index in [0.29, 0.717) is 18.5 Å². The van der Waals surface area contributed by atoms with Crippen molar-refractivity contribution in [2.75, 3.05) is 6.54 Å². The molecule has 2 aromatic carbocycles. The summed E-state index contributed by atoms with van der Waals surface area (Å²) in [6.07, 6.45) is -0.521. The molecule has 2 amide bonds. The molecule has 2 aliphatic heterocycles. The van der Waals surface area contributed by atoms with Gasteiger partial charge in [-0.05, 0) is 44.9 Å². The number of piperidine rings is 1. The summed E-state index contributed by atoms with van der Waals surface area (Å²) in [7, 11) is 0. The Hall–Kier alpha value is -3.13. The molecule has 3 N–H and O–H groups in total. The lowest BCUT2D eigenvalue weighted by molar-refractivity contribution is -0.128. The molecule has 0 saturated carbocycles. The van der Waals surface area contributed by atoms with Crippen LogP contribution in [0.5, 0.6) is 0 Å². The van der Waals surface area contributed by atoms with Crippen LogP contribution in [0.15, 0.2) is 59.7 Å². The molecule has 2 aromatic rings. The Labute approximate surface area is 196 Å². The average Bonchev–Trinajstić information content (AvgIpc) is 2.78. The third-order valence-corrected chi connectivity index (χ3v) is 6.76. The lowest BCUT2D eigenvalue weighted by Crippen LogP contribution is -2.58. The van der Waals surface area contributed by atoms with Crippen molar-refractivity contribution in [1.82, 2.24) is 16.0 Å². The normalized spacial score (nSPS) is 24.1. The first-order valence-corrected chi connectivity index (χ1v) is 11.4. The van der Waals surface area contributed by atoms with Gasteiger partial charge in [0.15, 0.2) is 6.30 Å². The first-order valence-electron chi connectivity index (χ1n) is 11.4. The Morgan fingerprint density at radius 3 is 2.62 bits per heavy atom. The zero-order valence-electron chi connectivity index (χ0n) is 19.1. The van der Waals surface area contributed by atoms with Gasteiger partial charge in [0.2, 0.25) is 11.8 Å². The van der Waals surface area contributed by atoms with Gasteiger partial charge in [-0.15, -0.1) is 0 Å². The van der Waals surface area contributed by atoms with Crippen molar-refractivity contribution in [3.63, 3.8) is 0 Å². The fourth-order valence-electron chi connectivity index (χ4n) is 5.03. The van der Waals surface area contributed by atoms with Crippen LogP contribution in [0, 0.1) is 23.5 Å². The highest BCUT2D eigenvalue weighted by molar-refractivity contribution is 6.02. The fourth-order valence-corrected chi connectivity index (χ4v) is 5.03. The Bertz CT molecular complexity index is 1110. The summed E-state index contributed by atoms with van der Waals surface area (Å²) in [6.45, 7) is 3.76. The number of benzene rings is 2. The van der Waals surface area contributed by atoms with Gasteiger partial charge < -0.3 is 10.6 Å². The van der Waals surface area contributed by atoms with E-state index in [4.69, 9.17) is 0 Å². The van der Waals surface area contributed by atoms with Crippen molar-refractivity contribution in [3.05, 3.63) is 82.4 Å². The van der Waals surface area contributed by atoms with Crippen molar-refractivity contribution in [1.29, 1.82) is 0 Å². The Balaban J connectivity index is 1.68. The zero-order valence-corrected chi connectivity index (χ0v) is 19.1. The van der Waals surface area contributed by atoms with Gasteiger partial charge in [-0.25, -0.2) is 13.2 Å². The number of carbonyl (C=O) groups is 2. The molecular weight excluding hydrogens is 443 g/mol. The maximum atomic E-state index is 14.8. The number of carbonyl (C=O) groups excluding carboxylic acids is 2. The van der Waals surface area contributed by atoms with E-state index in [0.717, 1.165) is 17.7 Å². The number of fused-ring (bicyclic) bond motifs is 1. The third kappa shape index (κ3) is 4.87. The van der Waals surface area contributed by atoms with E-state index in [1.165, 1.54) is 6.07 Å². The van der Waals surface area contributed by atoms with Crippen LogP contribution in [0.4, 0.5) is 13.2 Å². The largest absolute Gasteiger partial charge is 0.349 e. The Kier molecular flexibility index (Phi) is 7.07. The molecule has 1 saturated heterocycles. The summed E-state index contributed by atoms with van der Waals surface area (Å²) in [5.41, 5.74) is 1.75. The molecule has 0 aromatic heterocycles. The minimum absolute atomic E-state index is 0.132. The van der Waals surface area contributed by atoms with Crippen molar-refractivity contribution < 1.29 is 22.8 Å². The van der Waals surface area contributed by atoms with E-state index in [-0.39, 0.29) is 29.5 Å². The van der Waals surface area contributed by atoms with Crippen LogP contribution in [0.25, 0.3) is 0 Å². The first kappa shape index (κ1) is 24.0. The molecule has 34 heavy (non-hydrogen) atoms. The van der Waals surface area contributed by atoms with E-state index >= 15 is 0 Å². The molecule has 2 aliphatic rings. The van der Waals surface area contributed by atoms with E-state index in [1.807, 2.05) is 30.3 Å². The molecular formula is C26H28F3N3O2. The monoisotopic (exact) mass is 471 g/mol. The number of alkyl halides is 1. The Morgan fingerprint density at radius 2 is 1.91 bits per heavy atom. The topological polar surface area (TPSA) is 70.2 Å². The second kappa shape index (κ2) is 10.0. The number of hydrogen-bond donors (Lipinski definition) is 3. The molecule has 2 heterocycles. The van der Waals surface area contributed by atoms with Crippen LogP contribution in [-0.2, 0) is 16.0 Å². The van der Waals surface area contributed by atoms with Crippen LogP contribution in [-0.4, -0.2) is 30.7 Å². The maximum Gasteiger partial charge on any atom is 0.248 e. The molecule has 0 spiro atoms. The minimum Gasteiger partial charge on any atom is -0.349 e. The minimum atomic E-state index is -1.33. The van der Waals surface area contributed by atoms with Gasteiger partial charge in [0.1, 0.15) is 11.6 Å². The second-order valence-electron chi connectivity index (χ2n) is 8.99. The molecule has 5 atom stereocenters.